The van der Waals surface area contributed by atoms with Crippen LogP contribution in [0.5, 0.6) is 0 Å². The molecule has 0 radical (unpaired) electrons. The van der Waals surface area contributed by atoms with Crippen molar-refractivity contribution in [2.24, 2.45) is 0 Å². The molecule has 0 saturated carbocycles. The van der Waals surface area contributed by atoms with Gasteiger partial charge in [-0.25, -0.2) is 4.98 Å². The van der Waals surface area contributed by atoms with Gasteiger partial charge in [0.1, 0.15) is 11.9 Å². The first kappa shape index (κ1) is 12.8. The Balaban J connectivity index is 1.56. The van der Waals surface area contributed by atoms with Crippen molar-refractivity contribution in [1.29, 1.82) is 0 Å². The molecular formula is C12H18N4O2S. The molecule has 2 aliphatic heterocycles. The van der Waals surface area contributed by atoms with E-state index in [4.69, 9.17) is 5.11 Å². The normalized spacial score (nSPS) is 25.3. The summed E-state index contributed by atoms with van der Waals surface area (Å²) in [5.74, 6) is 0.157. The second kappa shape index (κ2) is 5.05. The third-order valence-corrected chi connectivity index (χ3v) is 4.94. The second-order valence-corrected chi connectivity index (χ2v) is 5.95. The largest absolute Gasteiger partial charge is 0.480 e. The minimum Gasteiger partial charge on any atom is -0.480 e. The van der Waals surface area contributed by atoms with E-state index in [1.807, 2.05) is 6.92 Å². The fourth-order valence-corrected chi connectivity index (χ4v) is 3.64. The van der Waals surface area contributed by atoms with Crippen LogP contribution in [0, 0.1) is 6.92 Å². The van der Waals surface area contributed by atoms with Gasteiger partial charge in [-0.2, -0.15) is 4.37 Å². The topological polar surface area (TPSA) is 69.6 Å². The van der Waals surface area contributed by atoms with Crippen LogP contribution in [0.4, 0.5) is 5.13 Å². The van der Waals surface area contributed by atoms with Crippen LogP contribution in [0.3, 0.4) is 0 Å². The van der Waals surface area contributed by atoms with Crippen molar-refractivity contribution in [2.75, 3.05) is 24.5 Å². The number of hydrogen-bond donors (Lipinski definition) is 1. The van der Waals surface area contributed by atoms with E-state index in [0.29, 0.717) is 6.04 Å². The molecule has 7 heteroatoms. The molecule has 0 aromatic carbocycles. The summed E-state index contributed by atoms with van der Waals surface area (Å²) in [7, 11) is 0. The highest BCUT2D eigenvalue weighted by Crippen LogP contribution is 2.29. The Kier molecular flexibility index (Phi) is 3.40. The lowest BCUT2D eigenvalue weighted by Gasteiger charge is -2.46. The number of nitrogens with zero attached hydrogens (tertiary/aromatic N) is 4. The quantitative estimate of drug-likeness (QED) is 0.891. The lowest BCUT2D eigenvalue weighted by molar-refractivity contribution is -0.150. The van der Waals surface area contributed by atoms with Crippen LogP contribution >= 0.6 is 11.5 Å². The summed E-state index contributed by atoms with van der Waals surface area (Å²) >= 11 is 1.45. The summed E-state index contributed by atoms with van der Waals surface area (Å²) in [6.45, 7) is 4.73. The molecule has 19 heavy (non-hydrogen) atoms. The van der Waals surface area contributed by atoms with E-state index in [2.05, 4.69) is 19.2 Å². The third kappa shape index (κ3) is 2.44. The smallest absolute Gasteiger partial charge is 0.320 e. The molecule has 1 atom stereocenters. The molecule has 2 saturated heterocycles. The van der Waals surface area contributed by atoms with Gasteiger partial charge < -0.3 is 10.0 Å². The maximum atomic E-state index is 11.1. The zero-order valence-electron chi connectivity index (χ0n) is 10.9. The predicted molar refractivity (Wildman–Crippen MR) is 72.6 cm³/mol. The summed E-state index contributed by atoms with van der Waals surface area (Å²) in [6.07, 6.45) is 2.83. The Morgan fingerprint density at radius 2 is 2.05 bits per heavy atom. The first-order chi connectivity index (χ1) is 9.15. The maximum Gasteiger partial charge on any atom is 0.320 e. The van der Waals surface area contributed by atoms with E-state index < -0.39 is 5.97 Å². The number of hydrogen-bond acceptors (Lipinski definition) is 6. The Labute approximate surface area is 116 Å². The van der Waals surface area contributed by atoms with E-state index in [1.54, 1.807) is 0 Å². The summed E-state index contributed by atoms with van der Waals surface area (Å²) in [6, 6.07) is 0.167. The van der Waals surface area contributed by atoms with Crippen LogP contribution in [-0.2, 0) is 4.79 Å². The van der Waals surface area contributed by atoms with Crippen LogP contribution in [0.2, 0.25) is 0 Å². The van der Waals surface area contributed by atoms with Gasteiger partial charge in [-0.1, -0.05) is 0 Å². The number of aliphatic carboxylic acids is 1. The number of likely N-dealkylation sites (tertiary alicyclic amines) is 1. The van der Waals surface area contributed by atoms with Gasteiger partial charge in [-0.15, -0.1) is 0 Å². The van der Waals surface area contributed by atoms with Crippen molar-refractivity contribution in [2.45, 2.75) is 38.3 Å². The van der Waals surface area contributed by atoms with Crippen molar-refractivity contribution in [1.82, 2.24) is 14.3 Å². The molecule has 3 rings (SSSR count). The van der Waals surface area contributed by atoms with Crippen LogP contribution in [0.1, 0.15) is 25.1 Å². The van der Waals surface area contributed by atoms with Gasteiger partial charge >= 0.3 is 5.97 Å². The van der Waals surface area contributed by atoms with Crippen LogP contribution in [-0.4, -0.2) is 57.1 Å². The van der Waals surface area contributed by atoms with Gasteiger partial charge in [0.15, 0.2) is 0 Å². The van der Waals surface area contributed by atoms with Gasteiger partial charge in [0.2, 0.25) is 5.13 Å². The predicted octanol–water partition coefficient (Wildman–Crippen LogP) is 0.974. The average molecular weight is 282 g/mol. The van der Waals surface area contributed by atoms with Crippen LogP contribution in [0.25, 0.3) is 0 Å². The summed E-state index contributed by atoms with van der Waals surface area (Å²) in [5, 5.41) is 10.1. The molecule has 2 fully saturated rings. The van der Waals surface area contributed by atoms with Crippen molar-refractivity contribution < 1.29 is 9.90 Å². The van der Waals surface area contributed by atoms with Crippen LogP contribution in [0.15, 0.2) is 0 Å². The molecule has 0 amide bonds. The second-order valence-electron chi connectivity index (χ2n) is 5.22. The Morgan fingerprint density at radius 3 is 2.53 bits per heavy atom. The molecular weight excluding hydrogens is 264 g/mol. The maximum absolute atomic E-state index is 11.1. The molecule has 2 aliphatic rings. The highest BCUT2D eigenvalue weighted by atomic mass is 32.1. The molecule has 1 aromatic rings. The molecule has 104 valence electrons. The van der Waals surface area contributed by atoms with Gasteiger partial charge in [-0.05, 0) is 26.2 Å². The standard InChI is InChI=1S/C12H18N4O2S/c1-8-13-12(19-14-8)15-5-2-9(3-6-15)16-7-4-10(16)11(17)18/h9-10H,2-7H2,1H3,(H,17,18). The van der Waals surface area contributed by atoms with Crippen molar-refractivity contribution in [3.63, 3.8) is 0 Å². The number of anilines is 1. The molecule has 6 nitrogen and oxygen atoms in total. The minimum absolute atomic E-state index is 0.250. The first-order valence-corrected chi connectivity index (χ1v) is 7.46. The first-order valence-electron chi connectivity index (χ1n) is 6.69. The molecule has 0 bridgehead atoms. The number of piperidine rings is 1. The summed E-state index contributed by atoms with van der Waals surface area (Å²) in [5.41, 5.74) is 0. The Morgan fingerprint density at radius 1 is 1.32 bits per heavy atom. The Bertz CT molecular complexity index is 470. The van der Waals surface area contributed by atoms with Gasteiger partial charge in [-0.3, -0.25) is 9.69 Å². The zero-order valence-corrected chi connectivity index (χ0v) is 11.8. The van der Waals surface area contributed by atoms with E-state index in [9.17, 15) is 4.79 Å². The molecule has 0 spiro atoms. The van der Waals surface area contributed by atoms with E-state index in [1.165, 1.54) is 11.5 Å². The van der Waals surface area contributed by atoms with E-state index >= 15 is 0 Å². The zero-order chi connectivity index (χ0) is 13.4. The van der Waals surface area contributed by atoms with Gasteiger partial charge in [0.05, 0.1) is 0 Å². The highest BCUT2D eigenvalue weighted by molar-refractivity contribution is 7.09. The minimum atomic E-state index is -0.673. The van der Waals surface area contributed by atoms with E-state index in [0.717, 1.165) is 49.9 Å². The number of aromatic nitrogens is 2. The molecule has 0 aliphatic carbocycles. The van der Waals surface area contributed by atoms with E-state index in [-0.39, 0.29) is 6.04 Å². The number of rotatable bonds is 3. The fourth-order valence-electron chi connectivity index (χ4n) is 2.91. The van der Waals surface area contributed by atoms with Crippen molar-refractivity contribution in [3.8, 4) is 0 Å². The molecule has 3 heterocycles. The molecule has 1 unspecified atom stereocenters. The lowest BCUT2D eigenvalue weighted by atomic mass is 9.94. The number of carboxylic acid groups (broad SMARTS) is 1. The summed E-state index contributed by atoms with van der Waals surface area (Å²) in [4.78, 5) is 19.9. The Hall–Kier alpha value is -1.21. The number of carbonyl (C=O) groups is 1. The number of carboxylic acids is 1. The monoisotopic (exact) mass is 282 g/mol. The summed E-state index contributed by atoms with van der Waals surface area (Å²) < 4.78 is 4.21. The van der Waals surface area contributed by atoms with Gasteiger partial charge in [0, 0.05) is 37.2 Å². The lowest BCUT2D eigenvalue weighted by Crippen LogP contribution is -2.59. The third-order valence-electron chi connectivity index (χ3n) is 4.07. The molecule has 1 aromatic heterocycles. The van der Waals surface area contributed by atoms with Crippen LogP contribution < -0.4 is 4.90 Å². The number of aryl methyl sites for hydroxylation is 1. The van der Waals surface area contributed by atoms with Gasteiger partial charge in [0.25, 0.3) is 0 Å². The molecule has 1 N–H and O–H groups in total. The average Bonchev–Trinajstić information content (AvgIpc) is 2.75. The fraction of sp³-hybridized carbons (Fsp3) is 0.750. The SMILES string of the molecule is Cc1nsc(N2CCC(N3CCC3C(=O)O)CC2)n1. The van der Waals surface area contributed by atoms with Crippen molar-refractivity contribution in [3.05, 3.63) is 5.82 Å². The highest BCUT2D eigenvalue weighted by Gasteiger charge is 2.39. The van der Waals surface area contributed by atoms with Crippen molar-refractivity contribution >= 4 is 22.6 Å².